The lowest BCUT2D eigenvalue weighted by molar-refractivity contribution is -0.141. The van der Waals surface area contributed by atoms with E-state index in [1.165, 1.54) is 0 Å². The molecule has 1 aromatic heterocycles. The molecule has 33 heavy (non-hydrogen) atoms. The number of fused-ring (bicyclic) bond motifs is 3. The second kappa shape index (κ2) is 8.20. The number of halogens is 3. The van der Waals surface area contributed by atoms with Crippen molar-refractivity contribution in [3.63, 3.8) is 0 Å². The van der Waals surface area contributed by atoms with Crippen LogP contribution < -0.4 is 10.1 Å². The van der Waals surface area contributed by atoms with Crippen LogP contribution in [0.4, 0.5) is 19.0 Å². The summed E-state index contributed by atoms with van der Waals surface area (Å²) in [5.74, 6) is 0.754. The molecule has 172 valence electrons. The number of amides is 1. The molecule has 2 bridgehead atoms. The van der Waals surface area contributed by atoms with Gasteiger partial charge >= 0.3 is 6.18 Å². The summed E-state index contributed by atoms with van der Waals surface area (Å²) in [6.07, 6.45) is -0.299. The molecule has 3 atom stereocenters. The molecule has 2 aliphatic rings. The summed E-state index contributed by atoms with van der Waals surface area (Å²) < 4.78 is 44.1. The number of alkyl halides is 3. The highest BCUT2D eigenvalue weighted by molar-refractivity contribution is 6.10. The zero-order chi connectivity index (χ0) is 23.2. The Kier molecular flexibility index (Phi) is 5.34. The summed E-state index contributed by atoms with van der Waals surface area (Å²) in [5, 5.41) is 5.01. The van der Waals surface area contributed by atoms with E-state index in [1.54, 1.807) is 0 Å². The van der Waals surface area contributed by atoms with Gasteiger partial charge in [-0.25, -0.2) is 9.97 Å². The smallest absolute Gasteiger partial charge is 0.434 e. The predicted molar refractivity (Wildman–Crippen MR) is 117 cm³/mol. The zero-order valence-corrected chi connectivity index (χ0v) is 18.0. The van der Waals surface area contributed by atoms with Gasteiger partial charge in [-0.3, -0.25) is 4.79 Å². The first-order valence-corrected chi connectivity index (χ1v) is 11.0. The summed E-state index contributed by atoms with van der Waals surface area (Å²) in [6.45, 7) is 2.33. The van der Waals surface area contributed by atoms with Crippen molar-refractivity contribution >= 4 is 22.5 Å². The van der Waals surface area contributed by atoms with E-state index in [2.05, 4.69) is 15.3 Å². The number of nitrogens with one attached hydrogen (secondary N) is 1. The van der Waals surface area contributed by atoms with Gasteiger partial charge in [0.15, 0.2) is 5.69 Å². The molecule has 0 spiro atoms. The van der Waals surface area contributed by atoms with Crippen LogP contribution in [0.15, 0.2) is 48.8 Å². The van der Waals surface area contributed by atoms with Crippen LogP contribution in [0.25, 0.3) is 10.8 Å². The maximum Gasteiger partial charge on any atom is 0.434 e. The molecule has 5 rings (SSSR count). The number of anilines is 1. The molecule has 6 nitrogen and oxygen atoms in total. The minimum Gasteiger partial charge on any atom is -0.493 e. The van der Waals surface area contributed by atoms with Gasteiger partial charge in [-0.2, -0.15) is 13.2 Å². The average molecular weight is 456 g/mol. The fraction of sp³-hybridized carbons (Fsp3) is 0.375. The van der Waals surface area contributed by atoms with Crippen LogP contribution in [-0.4, -0.2) is 45.5 Å². The van der Waals surface area contributed by atoms with E-state index in [4.69, 9.17) is 4.74 Å². The number of hydrogen-bond acceptors (Lipinski definition) is 5. The topological polar surface area (TPSA) is 67.3 Å². The predicted octanol–water partition coefficient (Wildman–Crippen LogP) is 4.90. The van der Waals surface area contributed by atoms with Crippen molar-refractivity contribution in [2.45, 2.75) is 50.5 Å². The molecule has 0 unspecified atom stereocenters. The van der Waals surface area contributed by atoms with Crippen molar-refractivity contribution in [1.29, 1.82) is 0 Å². The van der Waals surface area contributed by atoms with Crippen LogP contribution in [0, 0.1) is 0 Å². The molecule has 1 N–H and O–H groups in total. The maximum absolute atomic E-state index is 13.8. The molecule has 2 saturated heterocycles. The number of nitrogens with zero attached hydrogens (tertiary/aromatic N) is 3. The van der Waals surface area contributed by atoms with E-state index >= 15 is 0 Å². The zero-order valence-electron chi connectivity index (χ0n) is 18.0. The van der Waals surface area contributed by atoms with Gasteiger partial charge in [-0.1, -0.05) is 30.3 Å². The Morgan fingerprint density at radius 2 is 1.97 bits per heavy atom. The quantitative estimate of drug-likeness (QED) is 0.591. The molecular formula is C24H23F3N4O2. The van der Waals surface area contributed by atoms with Gasteiger partial charge in [0.05, 0.1) is 36.6 Å². The van der Waals surface area contributed by atoms with Gasteiger partial charge in [-0.15, -0.1) is 0 Å². The summed E-state index contributed by atoms with van der Waals surface area (Å²) >= 11 is 0. The number of carbonyl (C=O) groups excluding carboxylic acids is 1. The highest BCUT2D eigenvalue weighted by Gasteiger charge is 2.49. The number of ether oxygens (including phenoxy) is 1. The van der Waals surface area contributed by atoms with Crippen LogP contribution in [0.5, 0.6) is 5.75 Å². The van der Waals surface area contributed by atoms with Crippen LogP contribution in [0.3, 0.4) is 0 Å². The van der Waals surface area contributed by atoms with Crippen molar-refractivity contribution in [2.75, 3.05) is 11.9 Å². The molecule has 9 heteroatoms. The molecule has 0 saturated carbocycles. The highest BCUT2D eigenvalue weighted by atomic mass is 19.4. The second-order valence-electron chi connectivity index (χ2n) is 8.37. The molecule has 3 heterocycles. The van der Waals surface area contributed by atoms with Gasteiger partial charge in [0, 0.05) is 6.04 Å². The van der Waals surface area contributed by atoms with E-state index in [1.807, 2.05) is 48.2 Å². The molecule has 2 aromatic carbocycles. The lowest BCUT2D eigenvalue weighted by Gasteiger charge is -2.26. The monoisotopic (exact) mass is 456 g/mol. The van der Waals surface area contributed by atoms with Crippen molar-refractivity contribution in [1.82, 2.24) is 14.9 Å². The van der Waals surface area contributed by atoms with E-state index in [-0.39, 0.29) is 29.9 Å². The molecule has 0 radical (unpaired) electrons. The molecule has 2 fully saturated rings. The van der Waals surface area contributed by atoms with Crippen molar-refractivity contribution in [2.24, 2.45) is 0 Å². The third kappa shape index (κ3) is 3.85. The van der Waals surface area contributed by atoms with Crippen molar-refractivity contribution in [3.8, 4) is 5.75 Å². The van der Waals surface area contributed by atoms with E-state index < -0.39 is 11.9 Å². The lowest BCUT2D eigenvalue weighted by atomic mass is 9.95. The lowest BCUT2D eigenvalue weighted by Crippen LogP contribution is -2.40. The number of carbonyl (C=O) groups is 1. The summed E-state index contributed by atoms with van der Waals surface area (Å²) in [7, 11) is 0. The van der Waals surface area contributed by atoms with Gasteiger partial charge in [0.2, 0.25) is 0 Å². The van der Waals surface area contributed by atoms with Gasteiger partial charge < -0.3 is 15.0 Å². The SMILES string of the molecule is CCOc1ccc2ccccc2c1C(=O)N1[C@@H]2CC[C@H]1[C@H](Nc1cnc(C(F)(F)F)cn1)C2. The molecule has 1 amide bonds. The van der Waals surface area contributed by atoms with Gasteiger partial charge in [-0.05, 0) is 43.0 Å². The fourth-order valence-electron chi connectivity index (χ4n) is 5.08. The molecule has 3 aromatic rings. The fourth-order valence-corrected chi connectivity index (χ4v) is 5.08. The Bertz CT molecular complexity index is 1180. The maximum atomic E-state index is 13.8. The number of aromatic nitrogens is 2. The van der Waals surface area contributed by atoms with Crippen LogP contribution in [0.1, 0.15) is 42.2 Å². The first-order chi connectivity index (χ1) is 15.9. The Balaban J connectivity index is 1.41. The molecule has 2 aliphatic heterocycles. The minimum absolute atomic E-state index is 0.0517. The Hall–Kier alpha value is -3.36. The number of rotatable bonds is 5. The van der Waals surface area contributed by atoms with Crippen LogP contribution >= 0.6 is 0 Å². The van der Waals surface area contributed by atoms with Crippen LogP contribution in [-0.2, 0) is 6.18 Å². The van der Waals surface area contributed by atoms with E-state index in [0.717, 1.165) is 36.0 Å². The highest BCUT2D eigenvalue weighted by Crippen LogP contribution is 2.42. The third-order valence-corrected chi connectivity index (χ3v) is 6.45. The van der Waals surface area contributed by atoms with E-state index in [0.29, 0.717) is 24.3 Å². The summed E-state index contributed by atoms with van der Waals surface area (Å²) in [4.78, 5) is 23.1. The van der Waals surface area contributed by atoms with Gasteiger partial charge in [0.25, 0.3) is 5.91 Å². The second-order valence-corrected chi connectivity index (χ2v) is 8.37. The Morgan fingerprint density at radius 3 is 2.70 bits per heavy atom. The minimum atomic E-state index is -4.53. The van der Waals surface area contributed by atoms with Crippen molar-refractivity contribution < 1.29 is 22.7 Å². The summed E-state index contributed by atoms with van der Waals surface area (Å²) in [5.41, 5.74) is -0.473. The number of benzene rings is 2. The Morgan fingerprint density at radius 1 is 1.15 bits per heavy atom. The molecule has 0 aliphatic carbocycles. The van der Waals surface area contributed by atoms with Gasteiger partial charge in [0.1, 0.15) is 11.6 Å². The average Bonchev–Trinajstić information content (AvgIpc) is 3.36. The first-order valence-electron chi connectivity index (χ1n) is 11.0. The molecular weight excluding hydrogens is 433 g/mol. The summed E-state index contributed by atoms with van der Waals surface area (Å²) in [6, 6.07) is 11.4. The largest absolute Gasteiger partial charge is 0.493 e. The Labute approximate surface area is 188 Å². The number of hydrogen-bond donors (Lipinski definition) is 1. The van der Waals surface area contributed by atoms with Crippen LogP contribution in [0.2, 0.25) is 0 Å². The van der Waals surface area contributed by atoms with Crippen molar-refractivity contribution in [3.05, 3.63) is 60.0 Å². The standard InChI is InChI=1S/C24H23F3N4O2/c1-2-33-19-10-7-14-5-3-4-6-16(14)22(19)23(32)31-15-8-9-18(31)17(11-15)30-21-13-28-20(12-29-21)24(25,26)27/h3-7,10,12-13,15,17-18H,2,8-9,11H2,1H3,(H,29,30)/t15-,17-,18+/m1/s1. The first kappa shape index (κ1) is 21.5. The van der Waals surface area contributed by atoms with E-state index in [9.17, 15) is 18.0 Å². The normalized spacial score (nSPS) is 22.1. The third-order valence-electron chi connectivity index (χ3n) is 6.45.